The Bertz CT molecular complexity index is 963. The summed E-state index contributed by atoms with van der Waals surface area (Å²) >= 11 is 0. The van der Waals surface area contributed by atoms with Crippen molar-refractivity contribution in [1.29, 1.82) is 0 Å². The molecule has 0 amide bonds. The van der Waals surface area contributed by atoms with Gasteiger partial charge in [0.1, 0.15) is 5.82 Å². The minimum atomic E-state index is -1.13. The van der Waals surface area contributed by atoms with Gasteiger partial charge < -0.3 is 20.6 Å². The van der Waals surface area contributed by atoms with Crippen LogP contribution in [0.3, 0.4) is 0 Å². The minimum absolute atomic E-state index is 0.00406. The predicted molar refractivity (Wildman–Crippen MR) is 119 cm³/mol. The van der Waals surface area contributed by atoms with E-state index >= 15 is 0 Å². The van der Waals surface area contributed by atoms with Gasteiger partial charge in [-0.1, -0.05) is 36.4 Å². The van der Waals surface area contributed by atoms with Crippen molar-refractivity contribution in [3.05, 3.63) is 83.8 Å². The van der Waals surface area contributed by atoms with E-state index in [1.54, 1.807) is 24.4 Å². The van der Waals surface area contributed by atoms with Crippen molar-refractivity contribution >= 4 is 0 Å². The summed E-state index contributed by atoms with van der Waals surface area (Å²) in [6.45, 7) is 2.58. The number of aromatic hydroxyl groups is 1. The van der Waals surface area contributed by atoms with Crippen molar-refractivity contribution in [3.63, 3.8) is 0 Å². The number of aromatic nitrogens is 1. The summed E-state index contributed by atoms with van der Waals surface area (Å²) in [5.74, 6) is -0.340. The van der Waals surface area contributed by atoms with Gasteiger partial charge in [0.25, 0.3) is 0 Å². The Balaban J connectivity index is 1.62. The van der Waals surface area contributed by atoms with Crippen LogP contribution >= 0.6 is 0 Å². The molecule has 164 valence electrons. The van der Waals surface area contributed by atoms with Gasteiger partial charge in [0, 0.05) is 24.4 Å². The molecular formula is C25H29FN2O3. The highest BCUT2D eigenvalue weighted by molar-refractivity contribution is 5.68. The zero-order valence-electron chi connectivity index (χ0n) is 17.6. The summed E-state index contributed by atoms with van der Waals surface area (Å²) in [6, 6.07) is 17.4. The molecule has 4 N–H and O–H groups in total. The smallest absolute Gasteiger partial charge is 0.218 e. The molecule has 0 bridgehead atoms. The molecule has 0 fully saturated rings. The molecule has 0 saturated heterocycles. The third-order valence-electron chi connectivity index (χ3n) is 5.63. The lowest BCUT2D eigenvalue weighted by Gasteiger charge is -2.29. The van der Waals surface area contributed by atoms with Crippen molar-refractivity contribution in [2.75, 3.05) is 13.2 Å². The van der Waals surface area contributed by atoms with Crippen LogP contribution in [0.15, 0.2) is 66.9 Å². The van der Waals surface area contributed by atoms with Crippen LogP contribution in [0.25, 0.3) is 11.1 Å². The van der Waals surface area contributed by atoms with Crippen molar-refractivity contribution < 1.29 is 19.7 Å². The third-order valence-corrected chi connectivity index (χ3v) is 5.63. The number of nitrogens with zero attached hydrogens (tertiary/aromatic N) is 1. The average Bonchev–Trinajstić information content (AvgIpc) is 2.78. The summed E-state index contributed by atoms with van der Waals surface area (Å²) < 4.78 is 13.3. The highest BCUT2D eigenvalue weighted by Crippen LogP contribution is 2.31. The Hall–Kier alpha value is -2.80. The van der Waals surface area contributed by atoms with E-state index < -0.39 is 5.60 Å². The van der Waals surface area contributed by atoms with E-state index in [4.69, 9.17) is 0 Å². The Morgan fingerprint density at radius 3 is 2.39 bits per heavy atom. The van der Waals surface area contributed by atoms with E-state index in [1.807, 2.05) is 37.3 Å². The van der Waals surface area contributed by atoms with Crippen molar-refractivity contribution in [3.8, 4) is 17.0 Å². The van der Waals surface area contributed by atoms with Crippen LogP contribution in [0.4, 0.5) is 4.39 Å². The second kappa shape index (κ2) is 10.5. The first kappa shape index (κ1) is 22.9. The van der Waals surface area contributed by atoms with Crippen molar-refractivity contribution in [2.45, 2.75) is 37.8 Å². The summed E-state index contributed by atoms with van der Waals surface area (Å²) in [4.78, 5) is 3.91. The lowest BCUT2D eigenvalue weighted by molar-refractivity contribution is 0.0121. The number of pyridine rings is 1. The number of rotatable bonds is 10. The molecule has 0 spiro atoms. The molecule has 3 rings (SSSR count). The molecule has 31 heavy (non-hydrogen) atoms. The highest BCUT2D eigenvalue weighted by atomic mass is 19.1. The lowest BCUT2D eigenvalue weighted by atomic mass is 9.86. The van der Waals surface area contributed by atoms with Gasteiger partial charge >= 0.3 is 0 Å². The van der Waals surface area contributed by atoms with Gasteiger partial charge in [-0.2, -0.15) is 0 Å². The molecule has 1 aromatic heterocycles. The Kier molecular flexibility index (Phi) is 7.74. The first-order chi connectivity index (χ1) is 14.9. The second-order valence-electron chi connectivity index (χ2n) is 7.79. The maximum atomic E-state index is 13.3. The fourth-order valence-electron chi connectivity index (χ4n) is 3.73. The van der Waals surface area contributed by atoms with Gasteiger partial charge in [-0.25, -0.2) is 9.37 Å². The first-order valence-corrected chi connectivity index (χ1v) is 10.5. The normalized spacial score (nSPS) is 14.2. The zero-order valence-corrected chi connectivity index (χ0v) is 17.6. The highest BCUT2D eigenvalue weighted by Gasteiger charge is 2.28. The molecule has 0 aliphatic heterocycles. The van der Waals surface area contributed by atoms with Gasteiger partial charge in [0.05, 0.1) is 5.60 Å². The quantitative estimate of drug-likeness (QED) is 0.390. The maximum absolute atomic E-state index is 13.3. The maximum Gasteiger partial charge on any atom is 0.218 e. The van der Waals surface area contributed by atoms with Gasteiger partial charge in [-0.05, 0) is 73.7 Å². The van der Waals surface area contributed by atoms with E-state index in [0.29, 0.717) is 36.9 Å². The van der Waals surface area contributed by atoms with Crippen LogP contribution in [0.2, 0.25) is 0 Å². The van der Waals surface area contributed by atoms with E-state index in [9.17, 15) is 19.7 Å². The van der Waals surface area contributed by atoms with E-state index in [1.165, 1.54) is 12.1 Å². The average molecular weight is 425 g/mol. The minimum Gasteiger partial charge on any atom is -0.493 e. The van der Waals surface area contributed by atoms with E-state index in [-0.39, 0.29) is 24.3 Å². The number of aliphatic hydroxyl groups is 2. The molecule has 2 atom stereocenters. The molecular weight excluding hydrogens is 395 g/mol. The fraction of sp³-hybridized carbons (Fsp3) is 0.320. The summed E-state index contributed by atoms with van der Waals surface area (Å²) in [5, 5.41) is 33.7. The van der Waals surface area contributed by atoms with Crippen LogP contribution in [0.1, 0.15) is 43.4 Å². The summed E-state index contributed by atoms with van der Waals surface area (Å²) in [7, 11) is 0. The predicted octanol–water partition coefficient (Wildman–Crippen LogP) is 4.29. The topological polar surface area (TPSA) is 85.6 Å². The molecule has 3 aromatic rings. The van der Waals surface area contributed by atoms with Crippen molar-refractivity contribution in [2.24, 2.45) is 0 Å². The van der Waals surface area contributed by atoms with Crippen LogP contribution in [-0.4, -0.2) is 33.5 Å². The van der Waals surface area contributed by atoms with Crippen molar-refractivity contribution in [1.82, 2.24) is 10.3 Å². The molecule has 0 aliphatic carbocycles. The molecule has 0 aliphatic rings. The van der Waals surface area contributed by atoms with Gasteiger partial charge in [0.2, 0.25) is 5.88 Å². The third kappa shape index (κ3) is 5.88. The van der Waals surface area contributed by atoms with Crippen LogP contribution < -0.4 is 5.32 Å². The summed E-state index contributed by atoms with van der Waals surface area (Å²) in [6.07, 6.45) is 2.85. The van der Waals surface area contributed by atoms with E-state index in [0.717, 1.165) is 11.1 Å². The van der Waals surface area contributed by atoms with Gasteiger partial charge in [-0.3, -0.25) is 0 Å². The number of halogens is 1. The number of hydrogen-bond acceptors (Lipinski definition) is 5. The molecule has 6 heteroatoms. The fourth-order valence-corrected chi connectivity index (χ4v) is 3.73. The van der Waals surface area contributed by atoms with Gasteiger partial charge in [0.15, 0.2) is 0 Å². The number of benzene rings is 2. The Morgan fingerprint density at radius 2 is 1.74 bits per heavy atom. The monoisotopic (exact) mass is 424 g/mol. The SMILES string of the molecule is C[C@H](NCC[C@](O)(CCCO)c1ccc(F)cc1)c1ccc(-c2cccnc2O)cc1. The first-order valence-electron chi connectivity index (χ1n) is 10.5. The van der Waals surface area contributed by atoms with E-state index in [2.05, 4.69) is 10.3 Å². The lowest BCUT2D eigenvalue weighted by Crippen LogP contribution is -2.32. The largest absolute Gasteiger partial charge is 0.493 e. The number of hydrogen-bond donors (Lipinski definition) is 4. The molecule has 2 aromatic carbocycles. The standard InChI is InChI=1S/C25H29FN2O3/c1-18(19-5-7-20(8-6-19)23-4-2-15-28-24(23)30)27-16-14-25(31,13-3-17-29)21-9-11-22(26)12-10-21/h2,4-12,15,18,27,29,31H,3,13-14,16-17H2,1H3,(H,28,30)/t18-,25+/m0/s1. The van der Waals surface area contributed by atoms with Gasteiger partial charge in [-0.15, -0.1) is 0 Å². The Morgan fingerprint density at radius 1 is 1.03 bits per heavy atom. The molecule has 0 radical (unpaired) electrons. The Labute approximate surface area is 182 Å². The van der Waals surface area contributed by atoms with Crippen LogP contribution in [-0.2, 0) is 5.60 Å². The van der Waals surface area contributed by atoms with Crippen LogP contribution in [0.5, 0.6) is 5.88 Å². The molecule has 0 saturated carbocycles. The van der Waals surface area contributed by atoms with Crippen LogP contribution in [0, 0.1) is 5.82 Å². The number of nitrogens with one attached hydrogen (secondary N) is 1. The zero-order chi connectivity index (χ0) is 22.3. The summed E-state index contributed by atoms with van der Waals surface area (Å²) in [5.41, 5.74) is 2.16. The number of aliphatic hydroxyl groups excluding tert-OH is 1. The second-order valence-corrected chi connectivity index (χ2v) is 7.79. The molecule has 5 nitrogen and oxygen atoms in total. The molecule has 1 heterocycles. The molecule has 0 unspecified atom stereocenters.